The van der Waals surface area contributed by atoms with E-state index in [1.54, 1.807) is 0 Å². The molecule has 9 heteroatoms. The predicted molar refractivity (Wildman–Crippen MR) is 62.6 cm³/mol. The maximum Gasteiger partial charge on any atom is 0.426 e. The second kappa shape index (κ2) is 5.66. The molecule has 0 unspecified atom stereocenters. The first kappa shape index (κ1) is 18.1. The quantitative estimate of drug-likeness (QED) is 0.823. The normalized spacial score (nSPS) is 16.7. The Balaban J connectivity index is 3.24. The van der Waals surface area contributed by atoms with E-state index < -0.39 is 30.0 Å². The van der Waals surface area contributed by atoms with E-state index in [0.717, 1.165) is 12.1 Å². The zero-order chi connectivity index (χ0) is 16.6. The van der Waals surface area contributed by atoms with Crippen LogP contribution in [-0.4, -0.2) is 28.2 Å². The Bertz CT molecular complexity index is 468. The summed E-state index contributed by atoms with van der Waals surface area (Å²) in [5, 5.41) is 19.1. The van der Waals surface area contributed by atoms with Gasteiger partial charge in [-0.15, -0.1) is 0 Å². The zero-order valence-electron chi connectivity index (χ0n) is 10.5. The molecular weight excluding hydrogens is 326 g/mol. The average Bonchev–Trinajstić information content (AvgIpc) is 2.34. The van der Waals surface area contributed by atoms with Crippen LogP contribution in [-0.2, 0) is 0 Å². The van der Waals surface area contributed by atoms with Crippen molar-refractivity contribution in [2.24, 2.45) is 5.92 Å². The molecule has 0 aliphatic rings. The lowest BCUT2D eigenvalue weighted by Gasteiger charge is -2.39. The van der Waals surface area contributed by atoms with Crippen LogP contribution in [0.15, 0.2) is 24.3 Å². The van der Waals surface area contributed by atoms with Crippen LogP contribution in [0, 0.1) is 5.92 Å². The molecule has 0 saturated heterocycles. The van der Waals surface area contributed by atoms with Crippen molar-refractivity contribution in [2.45, 2.75) is 31.0 Å². The summed E-state index contributed by atoms with van der Waals surface area (Å²) in [6.45, 7) is 0.472. The lowest BCUT2D eigenvalue weighted by molar-refractivity contribution is -0.389. The zero-order valence-corrected chi connectivity index (χ0v) is 11.3. The first-order valence-electron chi connectivity index (χ1n) is 5.61. The number of aliphatic hydroxyl groups excluding tert-OH is 1. The molecule has 1 rings (SSSR count). The fraction of sp³-hybridized carbons (Fsp3) is 0.500. The Hall–Kier alpha value is -0.990. The van der Waals surface area contributed by atoms with Crippen LogP contribution in [0.25, 0.3) is 0 Å². The number of hydrogen-bond acceptors (Lipinski definition) is 2. The summed E-state index contributed by atoms with van der Waals surface area (Å²) in [6.07, 6.45) is -14.2. The summed E-state index contributed by atoms with van der Waals surface area (Å²) >= 11 is 5.54. The average molecular weight is 337 g/mol. The number of aliphatic hydroxyl groups is 2. The Kier molecular flexibility index (Phi) is 4.87. The van der Waals surface area contributed by atoms with Gasteiger partial charge in [-0.25, -0.2) is 0 Å². The molecule has 0 fully saturated rings. The molecule has 0 heterocycles. The van der Waals surface area contributed by atoms with Crippen molar-refractivity contribution in [3.63, 3.8) is 0 Å². The molecular formula is C12H11ClF6O2. The van der Waals surface area contributed by atoms with Crippen molar-refractivity contribution >= 4 is 11.6 Å². The van der Waals surface area contributed by atoms with Crippen LogP contribution in [0.4, 0.5) is 26.3 Å². The summed E-state index contributed by atoms with van der Waals surface area (Å²) in [6, 6.07) is 4.56. The van der Waals surface area contributed by atoms with E-state index in [1.807, 2.05) is 0 Å². The van der Waals surface area contributed by atoms with E-state index >= 15 is 0 Å². The second-order valence-electron chi connectivity index (χ2n) is 4.55. The lowest BCUT2D eigenvalue weighted by Crippen LogP contribution is -2.62. The van der Waals surface area contributed by atoms with Crippen LogP contribution in [0.1, 0.15) is 18.6 Å². The molecule has 0 aromatic heterocycles. The van der Waals surface area contributed by atoms with Gasteiger partial charge in [0.15, 0.2) is 0 Å². The molecule has 0 radical (unpaired) electrons. The minimum absolute atomic E-state index is 0.195. The highest BCUT2D eigenvalue weighted by molar-refractivity contribution is 6.30. The Labute approximate surface area is 121 Å². The van der Waals surface area contributed by atoms with Crippen LogP contribution in [0.2, 0.25) is 5.02 Å². The Morgan fingerprint density at radius 2 is 1.33 bits per heavy atom. The Morgan fingerprint density at radius 1 is 0.952 bits per heavy atom. The lowest BCUT2D eigenvalue weighted by atomic mass is 9.81. The Morgan fingerprint density at radius 3 is 1.67 bits per heavy atom. The van der Waals surface area contributed by atoms with Gasteiger partial charge in [-0.1, -0.05) is 30.7 Å². The monoisotopic (exact) mass is 336 g/mol. The van der Waals surface area contributed by atoms with Crippen LogP contribution >= 0.6 is 11.6 Å². The van der Waals surface area contributed by atoms with Crippen LogP contribution in [0.3, 0.4) is 0 Å². The van der Waals surface area contributed by atoms with Crippen molar-refractivity contribution in [1.29, 1.82) is 0 Å². The summed E-state index contributed by atoms with van der Waals surface area (Å²) < 4.78 is 76.1. The summed E-state index contributed by atoms with van der Waals surface area (Å²) in [5.74, 6) is -2.57. The highest BCUT2D eigenvalue weighted by atomic mass is 35.5. The number of benzene rings is 1. The van der Waals surface area contributed by atoms with Gasteiger partial charge in [0.25, 0.3) is 5.60 Å². The van der Waals surface area contributed by atoms with Gasteiger partial charge in [0.1, 0.15) is 0 Å². The third-order valence-corrected chi connectivity index (χ3v) is 3.46. The molecule has 1 aromatic rings. The largest absolute Gasteiger partial charge is 0.426 e. The molecule has 0 amide bonds. The van der Waals surface area contributed by atoms with E-state index in [1.165, 1.54) is 12.1 Å². The molecule has 0 aliphatic heterocycles. The molecule has 2 nitrogen and oxygen atoms in total. The third kappa shape index (κ3) is 3.27. The minimum Gasteiger partial charge on any atom is -0.388 e. The maximum atomic E-state index is 12.7. The van der Waals surface area contributed by atoms with Crippen LogP contribution in [0.5, 0.6) is 0 Å². The summed E-state index contributed by atoms with van der Waals surface area (Å²) in [4.78, 5) is 0. The molecule has 2 N–H and O–H groups in total. The van der Waals surface area contributed by atoms with E-state index in [9.17, 15) is 36.6 Å². The smallest absolute Gasteiger partial charge is 0.388 e. The van der Waals surface area contributed by atoms with Crippen molar-refractivity contribution in [2.75, 3.05) is 0 Å². The maximum absolute atomic E-state index is 12.7. The van der Waals surface area contributed by atoms with Crippen molar-refractivity contribution in [3.05, 3.63) is 34.9 Å². The predicted octanol–water partition coefficient (Wildman–Crippen LogP) is 3.87. The summed E-state index contributed by atoms with van der Waals surface area (Å²) in [7, 11) is 0. The number of hydrogen-bond donors (Lipinski definition) is 2. The van der Waals surface area contributed by atoms with Gasteiger partial charge in [0.05, 0.1) is 6.10 Å². The minimum atomic E-state index is -5.99. The highest BCUT2D eigenvalue weighted by Gasteiger charge is 2.73. The van der Waals surface area contributed by atoms with Gasteiger partial charge in [0, 0.05) is 10.9 Å². The van der Waals surface area contributed by atoms with Crippen molar-refractivity contribution in [3.8, 4) is 0 Å². The molecule has 0 aliphatic carbocycles. The van der Waals surface area contributed by atoms with Gasteiger partial charge in [0.2, 0.25) is 0 Å². The van der Waals surface area contributed by atoms with E-state index in [0.29, 0.717) is 6.92 Å². The highest BCUT2D eigenvalue weighted by Crippen LogP contribution is 2.50. The van der Waals surface area contributed by atoms with E-state index in [-0.39, 0.29) is 10.6 Å². The number of halogens is 7. The molecule has 0 bridgehead atoms. The first-order chi connectivity index (χ1) is 9.32. The standard InChI is InChI=1S/C12H11ClF6O2/c1-6(9(20)7-2-4-8(13)5-3-7)10(21,11(14,15)16)12(17,18)19/h2-6,9,20-21H,1H3/t6-,9+/m1/s1. The van der Waals surface area contributed by atoms with Crippen molar-refractivity contribution < 1.29 is 36.6 Å². The molecule has 21 heavy (non-hydrogen) atoms. The van der Waals surface area contributed by atoms with E-state index in [2.05, 4.69) is 0 Å². The topological polar surface area (TPSA) is 40.5 Å². The molecule has 120 valence electrons. The van der Waals surface area contributed by atoms with Gasteiger partial charge in [-0.3, -0.25) is 0 Å². The molecule has 0 spiro atoms. The molecule has 1 aromatic carbocycles. The second-order valence-corrected chi connectivity index (χ2v) is 4.98. The molecule has 2 atom stereocenters. The number of rotatable bonds is 3. The van der Waals surface area contributed by atoms with E-state index in [4.69, 9.17) is 11.6 Å². The van der Waals surface area contributed by atoms with Crippen molar-refractivity contribution in [1.82, 2.24) is 0 Å². The molecule has 0 saturated carbocycles. The SMILES string of the molecule is C[C@H]([C@H](O)c1ccc(Cl)cc1)C(O)(C(F)(F)F)C(F)(F)F. The van der Waals surface area contributed by atoms with Crippen LogP contribution < -0.4 is 0 Å². The van der Waals surface area contributed by atoms with Gasteiger partial charge in [-0.05, 0) is 17.7 Å². The van der Waals surface area contributed by atoms with Gasteiger partial charge >= 0.3 is 12.4 Å². The van der Waals surface area contributed by atoms with Gasteiger partial charge < -0.3 is 10.2 Å². The third-order valence-electron chi connectivity index (χ3n) is 3.21. The fourth-order valence-electron chi connectivity index (χ4n) is 1.85. The first-order valence-corrected chi connectivity index (χ1v) is 5.99. The number of alkyl halides is 6. The van der Waals surface area contributed by atoms with Gasteiger partial charge in [-0.2, -0.15) is 26.3 Å². The fourth-order valence-corrected chi connectivity index (χ4v) is 1.98. The summed E-state index contributed by atoms with van der Waals surface area (Å²) in [5.41, 5.74) is -5.25.